The number of nitrogens with zero attached hydrogens (tertiary/aromatic N) is 4. The third kappa shape index (κ3) is 3.94. The Morgan fingerprint density at radius 1 is 1.12 bits per heavy atom. The number of aryl methyl sites for hydroxylation is 1. The first-order chi connectivity index (χ1) is 12.4. The highest BCUT2D eigenvalue weighted by Crippen LogP contribution is 2.25. The lowest BCUT2D eigenvalue weighted by atomic mass is 10.1. The van der Waals surface area contributed by atoms with E-state index in [0.717, 1.165) is 6.54 Å². The molecular weight excluding hydrogens is 332 g/mol. The molecule has 7 nitrogen and oxygen atoms in total. The monoisotopic (exact) mass is 352 g/mol. The molecular formula is C19H20N4O3. The highest BCUT2D eigenvalue weighted by Gasteiger charge is 2.19. The molecule has 26 heavy (non-hydrogen) atoms. The highest BCUT2D eigenvalue weighted by molar-refractivity contribution is 5.55. The van der Waals surface area contributed by atoms with Crippen molar-refractivity contribution in [1.82, 2.24) is 15.1 Å². The largest absolute Gasteiger partial charge is 0.419 e. The fourth-order valence-electron chi connectivity index (χ4n) is 2.55. The Labute approximate surface area is 151 Å². The molecule has 1 aromatic heterocycles. The molecule has 0 radical (unpaired) electrons. The Hall–Kier alpha value is -3.06. The summed E-state index contributed by atoms with van der Waals surface area (Å²) in [5.41, 5.74) is 3.12. The molecule has 2 aromatic carbocycles. The molecule has 7 heteroatoms. The number of non-ortho nitro benzene ring substituents is 1. The van der Waals surface area contributed by atoms with E-state index >= 15 is 0 Å². The summed E-state index contributed by atoms with van der Waals surface area (Å²) in [4.78, 5) is 12.4. The first kappa shape index (κ1) is 17.8. The maximum absolute atomic E-state index is 10.7. The molecule has 0 aliphatic carbocycles. The Balaban J connectivity index is 1.71. The summed E-state index contributed by atoms with van der Waals surface area (Å²) in [6, 6.07) is 14.4. The van der Waals surface area contributed by atoms with Gasteiger partial charge in [0.05, 0.1) is 11.0 Å². The Bertz CT molecular complexity index is 888. The molecule has 0 spiro atoms. The second-order valence-corrected chi connectivity index (χ2v) is 6.33. The number of hydrogen-bond acceptors (Lipinski definition) is 6. The zero-order valence-electron chi connectivity index (χ0n) is 14.9. The van der Waals surface area contributed by atoms with Crippen LogP contribution >= 0.6 is 0 Å². The third-order valence-corrected chi connectivity index (χ3v) is 4.34. The molecule has 0 unspecified atom stereocenters. The molecule has 0 N–H and O–H groups in total. The van der Waals surface area contributed by atoms with Crippen molar-refractivity contribution >= 4 is 5.69 Å². The van der Waals surface area contributed by atoms with E-state index in [9.17, 15) is 10.1 Å². The van der Waals surface area contributed by atoms with Crippen molar-refractivity contribution in [3.63, 3.8) is 0 Å². The van der Waals surface area contributed by atoms with Crippen LogP contribution in [0, 0.1) is 17.0 Å². The molecule has 3 rings (SSSR count). The molecule has 134 valence electrons. The van der Waals surface area contributed by atoms with Crippen LogP contribution in [0.25, 0.3) is 11.5 Å². The average Bonchev–Trinajstić information content (AvgIpc) is 3.13. The minimum absolute atomic E-state index is 0.0275. The van der Waals surface area contributed by atoms with E-state index in [0.29, 0.717) is 17.3 Å². The number of aromatic nitrogens is 2. The second kappa shape index (κ2) is 7.45. The van der Waals surface area contributed by atoms with Gasteiger partial charge in [-0.05, 0) is 38.6 Å². The molecule has 0 bridgehead atoms. The maximum atomic E-state index is 10.7. The molecule has 0 saturated carbocycles. The summed E-state index contributed by atoms with van der Waals surface area (Å²) in [6.07, 6.45) is 0. The van der Waals surface area contributed by atoms with E-state index < -0.39 is 4.92 Å². The first-order valence-electron chi connectivity index (χ1n) is 8.28. The van der Waals surface area contributed by atoms with Gasteiger partial charge in [0.2, 0.25) is 11.8 Å². The van der Waals surface area contributed by atoms with Crippen LogP contribution in [0.15, 0.2) is 52.9 Å². The fourth-order valence-corrected chi connectivity index (χ4v) is 2.55. The third-order valence-electron chi connectivity index (χ3n) is 4.34. The minimum atomic E-state index is -0.439. The van der Waals surface area contributed by atoms with E-state index in [-0.39, 0.29) is 11.7 Å². The van der Waals surface area contributed by atoms with E-state index in [4.69, 9.17) is 4.42 Å². The molecule has 1 heterocycles. The Morgan fingerprint density at radius 3 is 2.38 bits per heavy atom. The number of nitro groups is 1. The van der Waals surface area contributed by atoms with Gasteiger partial charge in [0.1, 0.15) is 0 Å². The van der Waals surface area contributed by atoms with Crippen molar-refractivity contribution in [2.75, 3.05) is 7.05 Å². The lowest BCUT2D eigenvalue weighted by molar-refractivity contribution is -0.384. The van der Waals surface area contributed by atoms with Gasteiger partial charge >= 0.3 is 0 Å². The van der Waals surface area contributed by atoms with Crippen molar-refractivity contribution in [2.45, 2.75) is 26.4 Å². The first-order valence-corrected chi connectivity index (χ1v) is 8.28. The second-order valence-electron chi connectivity index (χ2n) is 6.33. The van der Waals surface area contributed by atoms with Gasteiger partial charge in [-0.15, -0.1) is 10.2 Å². The predicted molar refractivity (Wildman–Crippen MR) is 97.4 cm³/mol. The molecule has 3 aromatic rings. The summed E-state index contributed by atoms with van der Waals surface area (Å²) in [7, 11) is 2.00. The minimum Gasteiger partial charge on any atom is -0.419 e. The zero-order chi connectivity index (χ0) is 18.7. The van der Waals surface area contributed by atoms with Crippen LogP contribution in [0.4, 0.5) is 5.69 Å². The Kier molecular flexibility index (Phi) is 5.09. The van der Waals surface area contributed by atoms with Gasteiger partial charge in [0.25, 0.3) is 5.69 Å². The van der Waals surface area contributed by atoms with Crippen molar-refractivity contribution < 1.29 is 9.34 Å². The molecule has 0 aliphatic rings. The lowest BCUT2D eigenvalue weighted by Crippen LogP contribution is -2.22. The summed E-state index contributed by atoms with van der Waals surface area (Å²) in [5, 5.41) is 18.9. The summed E-state index contributed by atoms with van der Waals surface area (Å²) >= 11 is 0. The van der Waals surface area contributed by atoms with E-state index in [2.05, 4.69) is 46.3 Å². The number of nitro benzene ring substituents is 1. The topological polar surface area (TPSA) is 85.3 Å². The van der Waals surface area contributed by atoms with Crippen molar-refractivity contribution in [3.05, 3.63) is 75.7 Å². The fraction of sp³-hybridized carbons (Fsp3) is 0.263. The van der Waals surface area contributed by atoms with E-state index in [1.54, 1.807) is 12.1 Å². The van der Waals surface area contributed by atoms with Gasteiger partial charge in [-0.1, -0.05) is 29.8 Å². The van der Waals surface area contributed by atoms with Crippen LogP contribution in [-0.4, -0.2) is 27.1 Å². The van der Waals surface area contributed by atoms with Crippen LogP contribution < -0.4 is 0 Å². The molecule has 0 fully saturated rings. The van der Waals surface area contributed by atoms with Gasteiger partial charge in [-0.2, -0.15) is 0 Å². The Morgan fingerprint density at radius 2 is 1.77 bits per heavy atom. The normalized spacial score (nSPS) is 12.3. The van der Waals surface area contributed by atoms with E-state index in [1.807, 2.05) is 14.0 Å². The average molecular weight is 352 g/mol. The quantitative estimate of drug-likeness (QED) is 0.489. The number of hydrogen-bond donors (Lipinski definition) is 0. The van der Waals surface area contributed by atoms with Crippen LogP contribution in [0.1, 0.15) is 30.0 Å². The molecule has 0 amide bonds. The summed E-state index contributed by atoms with van der Waals surface area (Å²) in [6.45, 7) is 4.83. The van der Waals surface area contributed by atoms with Gasteiger partial charge in [-0.25, -0.2) is 0 Å². The van der Waals surface area contributed by atoms with Crippen LogP contribution in [0.3, 0.4) is 0 Å². The predicted octanol–water partition coefficient (Wildman–Crippen LogP) is 4.15. The van der Waals surface area contributed by atoms with Crippen molar-refractivity contribution in [1.29, 1.82) is 0 Å². The maximum Gasteiger partial charge on any atom is 0.269 e. The molecule has 0 saturated heterocycles. The molecule has 0 aliphatic heterocycles. The van der Waals surface area contributed by atoms with Gasteiger partial charge < -0.3 is 4.42 Å². The van der Waals surface area contributed by atoms with Gasteiger partial charge in [0, 0.05) is 24.2 Å². The molecule has 1 atom stereocenters. The standard InChI is InChI=1S/C19H20N4O3/c1-13-4-6-15(7-5-13)12-22(3)14(2)18-20-21-19(26-18)16-8-10-17(11-9-16)23(24)25/h4-11,14H,12H2,1-3H3/t14-/m1/s1. The van der Waals surface area contributed by atoms with Crippen molar-refractivity contribution in [2.24, 2.45) is 0 Å². The van der Waals surface area contributed by atoms with Crippen LogP contribution in [0.2, 0.25) is 0 Å². The van der Waals surface area contributed by atoms with Gasteiger partial charge in [0.15, 0.2) is 0 Å². The van der Waals surface area contributed by atoms with Crippen LogP contribution in [-0.2, 0) is 6.54 Å². The SMILES string of the molecule is Cc1ccc(CN(C)[C@H](C)c2nnc(-c3ccc([N+](=O)[O-])cc3)o2)cc1. The van der Waals surface area contributed by atoms with E-state index in [1.165, 1.54) is 23.3 Å². The summed E-state index contributed by atoms with van der Waals surface area (Å²) in [5.74, 6) is 0.860. The smallest absolute Gasteiger partial charge is 0.269 e. The zero-order valence-corrected chi connectivity index (χ0v) is 14.9. The lowest BCUT2D eigenvalue weighted by Gasteiger charge is -2.21. The number of rotatable bonds is 6. The van der Waals surface area contributed by atoms with Crippen LogP contribution in [0.5, 0.6) is 0 Å². The summed E-state index contributed by atoms with van der Waals surface area (Å²) < 4.78 is 5.78. The number of benzene rings is 2. The highest BCUT2D eigenvalue weighted by atomic mass is 16.6. The van der Waals surface area contributed by atoms with Gasteiger partial charge in [-0.3, -0.25) is 15.0 Å². The van der Waals surface area contributed by atoms with Crippen molar-refractivity contribution in [3.8, 4) is 11.5 Å².